The molecule has 1 aromatic heterocycles. The van der Waals surface area contributed by atoms with Gasteiger partial charge in [-0.3, -0.25) is 14.2 Å². The van der Waals surface area contributed by atoms with Crippen molar-refractivity contribution in [2.45, 2.75) is 50.7 Å². The lowest BCUT2D eigenvalue weighted by molar-refractivity contribution is -0.119. The molecule has 0 aliphatic heterocycles. The molecule has 1 unspecified atom stereocenters. The standard InChI is InChI=1S/C26H31N5O3S/c1-16(2)24(18-10-12-22(34-4)13-11-18)28-23(33)15-35-26-30-29-25(19-8-9-19)31(26)21-7-5-6-20(14-21)27-17(3)32/h5-7,10-14,16,19,24H,8-9,15H2,1-4H3,(H,27,32)(H,28,33). The Morgan fingerprint density at radius 2 is 1.89 bits per heavy atom. The number of carbonyl (C=O) groups is 2. The number of carbonyl (C=O) groups excluding carboxylic acids is 2. The van der Waals surface area contributed by atoms with E-state index in [0.717, 1.165) is 35.7 Å². The van der Waals surface area contributed by atoms with Crippen LogP contribution in [0.4, 0.5) is 5.69 Å². The average molecular weight is 494 g/mol. The number of aromatic nitrogens is 3. The van der Waals surface area contributed by atoms with Gasteiger partial charge in [-0.25, -0.2) is 0 Å². The predicted octanol–water partition coefficient (Wildman–Crippen LogP) is 4.72. The highest BCUT2D eigenvalue weighted by molar-refractivity contribution is 7.99. The quantitative estimate of drug-likeness (QED) is 0.397. The van der Waals surface area contributed by atoms with Gasteiger partial charge in [0.15, 0.2) is 5.16 Å². The number of thioether (sulfide) groups is 1. The van der Waals surface area contributed by atoms with E-state index < -0.39 is 0 Å². The highest BCUT2D eigenvalue weighted by Crippen LogP contribution is 2.41. The monoisotopic (exact) mass is 493 g/mol. The van der Waals surface area contributed by atoms with E-state index in [2.05, 4.69) is 34.7 Å². The molecule has 2 N–H and O–H groups in total. The molecular weight excluding hydrogens is 462 g/mol. The molecule has 0 saturated heterocycles. The van der Waals surface area contributed by atoms with Crippen LogP contribution in [0.2, 0.25) is 0 Å². The van der Waals surface area contributed by atoms with Crippen LogP contribution in [0.15, 0.2) is 53.7 Å². The molecule has 4 rings (SSSR count). The van der Waals surface area contributed by atoms with E-state index in [1.807, 2.05) is 53.1 Å². The zero-order chi connectivity index (χ0) is 24.9. The average Bonchev–Trinajstić information content (AvgIpc) is 3.60. The van der Waals surface area contributed by atoms with E-state index in [1.54, 1.807) is 7.11 Å². The largest absolute Gasteiger partial charge is 0.497 e. The van der Waals surface area contributed by atoms with E-state index in [-0.39, 0.29) is 29.5 Å². The molecule has 1 aliphatic rings. The third-order valence-corrected chi connectivity index (χ3v) is 6.74. The summed E-state index contributed by atoms with van der Waals surface area (Å²) in [6, 6.07) is 15.3. The van der Waals surface area contributed by atoms with Crippen molar-refractivity contribution in [3.63, 3.8) is 0 Å². The number of benzene rings is 2. The Kier molecular flexibility index (Phi) is 7.75. The van der Waals surface area contributed by atoms with Crippen molar-refractivity contribution in [2.24, 2.45) is 5.92 Å². The fourth-order valence-corrected chi connectivity index (χ4v) is 4.71. The lowest BCUT2D eigenvalue weighted by Gasteiger charge is -2.23. The van der Waals surface area contributed by atoms with Crippen molar-refractivity contribution >= 4 is 29.3 Å². The zero-order valence-electron chi connectivity index (χ0n) is 20.4. The van der Waals surface area contributed by atoms with Gasteiger partial charge in [-0.2, -0.15) is 0 Å². The van der Waals surface area contributed by atoms with Crippen LogP contribution in [0.5, 0.6) is 5.75 Å². The second-order valence-electron chi connectivity index (χ2n) is 9.03. The highest BCUT2D eigenvalue weighted by atomic mass is 32.2. The van der Waals surface area contributed by atoms with Gasteiger partial charge in [-0.05, 0) is 54.7 Å². The summed E-state index contributed by atoms with van der Waals surface area (Å²) >= 11 is 1.36. The molecule has 1 aliphatic carbocycles. The van der Waals surface area contributed by atoms with Crippen LogP contribution in [0.25, 0.3) is 5.69 Å². The molecular formula is C26H31N5O3S. The highest BCUT2D eigenvalue weighted by Gasteiger charge is 2.31. The van der Waals surface area contributed by atoms with Crippen molar-refractivity contribution in [1.29, 1.82) is 0 Å². The minimum atomic E-state index is -0.129. The minimum absolute atomic E-state index is 0.0703. The number of ether oxygens (including phenoxy) is 1. The summed E-state index contributed by atoms with van der Waals surface area (Å²) in [5.74, 6) is 2.29. The van der Waals surface area contributed by atoms with E-state index >= 15 is 0 Å². The molecule has 2 aromatic carbocycles. The SMILES string of the molecule is COc1ccc(C(NC(=O)CSc2nnc(C3CC3)n2-c2cccc(NC(C)=O)c2)C(C)C)cc1. The Bertz CT molecular complexity index is 1190. The van der Waals surface area contributed by atoms with Crippen molar-refractivity contribution in [1.82, 2.24) is 20.1 Å². The van der Waals surface area contributed by atoms with Crippen molar-refractivity contribution < 1.29 is 14.3 Å². The molecule has 1 atom stereocenters. The van der Waals surface area contributed by atoms with Gasteiger partial charge in [-0.1, -0.05) is 43.8 Å². The van der Waals surface area contributed by atoms with Gasteiger partial charge in [0.2, 0.25) is 11.8 Å². The summed E-state index contributed by atoms with van der Waals surface area (Å²) in [5.41, 5.74) is 2.61. The molecule has 1 fully saturated rings. The summed E-state index contributed by atoms with van der Waals surface area (Å²) in [6.45, 7) is 5.66. The maximum absolute atomic E-state index is 12.9. The number of nitrogens with zero attached hydrogens (tertiary/aromatic N) is 3. The van der Waals surface area contributed by atoms with Crippen LogP contribution in [0.3, 0.4) is 0 Å². The third kappa shape index (κ3) is 6.22. The molecule has 184 valence electrons. The van der Waals surface area contributed by atoms with Crippen LogP contribution in [0.1, 0.15) is 57.0 Å². The van der Waals surface area contributed by atoms with Crippen molar-refractivity contribution in [3.05, 3.63) is 59.9 Å². The topological polar surface area (TPSA) is 98.1 Å². The maximum Gasteiger partial charge on any atom is 0.230 e. The Morgan fingerprint density at radius 3 is 2.51 bits per heavy atom. The smallest absolute Gasteiger partial charge is 0.230 e. The number of amides is 2. The van der Waals surface area contributed by atoms with Crippen molar-refractivity contribution in [2.75, 3.05) is 18.2 Å². The second-order valence-corrected chi connectivity index (χ2v) is 9.98. The fourth-order valence-electron chi connectivity index (χ4n) is 3.94. The molecule has 9 heteroatoms. The Morgan fingerprint density at radius 1 is 1.14 bits per heavy atom. The first-order chi connectivity index (χ1) is 16.9. The normalized spacial score (nSPS) is 14.0. The Labute approximate surface area is 209 Å². The van der Waals surface area contributed by atoms with Crippen LogP contribution in [-0.2, 0) is 9.59 Å². The number of anilines is 1. The third-order valence-electron chi connectivity index (χ3n) is 5.82. The molecule has 8 nitrogen and oxygen atoms in total. The van der Waals surface area contributed by atoms with Crippen LogP contribution >= 0.6 is 11.8 Å². The van der Waals surface area contributed by atoms with Crippen LogP contribution < -0.4 is 15.4 Å². The summed E-state index contributed by atoms with van der Waals surface area (Å²) in [6.07, 6.45) is 2.15. The summed E-state index contributed by atoms with van der Waals surface area (Å²) in [5, 5.41) is 15.5. The number of rotatable bonds is 10. The van der Waals surface area contributed by atoms with Crippen LogP contribution in [-0.4, -0.2) is 39.4 Å². The first kappa shape index (κ1) is 24.8. The molecule has 1 heterocycles. The molecule has 35 heavy (non-hydrogen) atoms. The van der Waals surface area contributed by atoms with Gasteiger partial charge in [0.05, 0.1) is 24.6 Å². The van der Waals surface area contributed by atoms with Gasteiger partial charge in [0.25, 0.3) is 0 Å². The molecule has 0 radical (unpaired) electrons. The predicted molar refractivity (Wildman–Crippen MR) is 137 cm³/mol. The van der Waals surface area contributed by atoms with Crippen molar-refractivity contribution in [3.8, 4) is 11.4 Å². The van der Waals surface area contributed by atoms with E-state index in [0.29, 0.717) is 16.8 Å². The van der Waals surface area contributed by atoms with Gasteiger partial charge in [0.1, 0.15) is 11.6 Å². The first-order valence-electron chi connectivity index (χ1n) is 11.7. The number of hydrogen-bond donors (Lipinski definition) is 2. The number of nitrogens with one attached hydrogen (secondary N) is 2. The van der Waals surface area contributed by atoms with Gasteiger partial charge >= 0.3 is 0 Å². The Hall–Kier alpha value is -3.33. The second kappa shape index (κ2) is 10.9. The van der Waals surface area contributed by atoms with E-state index in [4.69, 9.17) is 4.74 Å². The lowest BCUT2D eigenvalue weighted by atomic mass is 9.96. The first-order valence-corrected chi connectivity index (χ1v) is 12.7. The summed E-state index contributed by atoms with van der Waals surface area (Å²) in [7, 11) is 1.64. The van der Waals surface area contributed by atoms with E-state index in [1.165, 1.54) is 18.7 Å². The zero-order valence-corrected chi connectivity index (χ0v) is 21.3. The molecule has 1 saturated carbocycles. The van der Waals surface area contributed by atoms with Gasteiger partial charge in [0, 0.05) is 18.5 Å². The van der Waals surface area contributed by atoms with Gasteiger partial charge in [-0.15, -0.1) is 10.2 Å². The number of hydrogen-bond acceptors (Lipinski definition) is 6. The van der Waals surface area contributed by atoms with Gasteiger partial charge < -0.3 is 15.4 Å². The molecule has 2 amide bonds. The molecule has 0 spiro atoms. The Balaban J connectivity index is 1.49. The summed E-state index contributed by atoms with van der Waals surface area (Å²) in [4.78, 5) is 24.5. The molecule has 3 aromatic rings. The lowest BCUT2D eigenvalue weighted by Crippen LogP contribution is -2.33. The fraction of sp³-hybridized carbons (Fsp3) is 0.385. The maximum atomic E-state index is 12.9. The number of methoxy groups -OCH3 is 1. The summed E-state index contributed by atoms with van der Waals surface area (Å²) < 4.78 is 7.25. The minimum Gasteiger partial charge on any atom is -0.497 e. The van der Waals surface area contributed by atoms with Crippen LogP contribution in [0, 0.1) is 5.92 Å². The van der Waals surface area contributed by atoms with E-state index in [9.17, 15) is 9.59 Å². The molecule has 0 bridgehead atoms.